The van der Waals surface area contributed by atoms with Crippen LogP contribution in [-0.2, 0) is 9.84 Å². The molecule has 0 N–H and O–H groups in total. The molecule has 8 nitrogen and oxygen atoms in total. The van der Waals surface area contributed by atoms with Gasteiger partial charge in [0.25, 0.3) is 0 Å². The lowest BCUT2D eigenvalue weighted by atomic mass is 10.2. The standard InChI is InChI=1S/C15H13N5O3S/c1-12-5-2-3-7-14(12)24(22,23)10-9-19-15(21)20(18-17-19)13-6-4-8-16-11-13/h2-11H,1H3/b10-9+. The van der Waals surface area contributed by atoms with Gasteiger partial charge in [0, 0.05) is 12.4 Å². The third kappa shape index (κ3) is 3.01. The molecule has 2 heterocycles. The summed E-state index contributed by atoms with van der Waals surface area (Å²) >= 11 is 0. The quantitative estimate of drug-likeness (QED) is 0.701. The fraction of sp³-hybridized carbons (Fsp3) is 0.0667. The number of tetrazole rings is 1. The number of aryl methyl sites for hydroxylation is 1. The lowest BCUT2D eigenvalue weighted by Gasteiger charge is -2.02. The van der Waals surface area contributed by atoms with Crippen LogP contribution in [0.1, 0.15) is 5.56 Å². The van der Waals surface area contributed by atoms with Gasteiger partial charge < -0.3 is 0 Å². The Bertz CT molecular complexity index is 1050. The first-order chi connectivity index (χ1) is 11.5. The largest absolute Gasteiger partial charge is 0.372 e. The summed E-state index contributed by atoms with van der Waals surface area (Å²) in [6.07, 6.45) is 4.09. The first kappa shape index (κ1) is 15.8. The Hall–Kier alpha value is -3.07. The van der Waals surface area contributed by atoms with E-state index in [9.17, 15) is 13.2 Å². The number of pyridine rings is 1. The van der Waals surface area contributed by atoms with Gasteiger partial charge in [0.1, 0.15) is 0 Å². The molecule has 2 aromatic heterocycles. The lowest BCUT2D eigenvalue weighted by molar-refractivity contribution is 0.604. The van der Waals surface area contributed by atoms with Crippen LogP contribution in [0.2, 0.25) is 0 Å². The van der Waals surface area contributed by atoms with E-state index >= 15 is 0 Å². The van der Waals surface area contributed by atoms with Crippen LogP contribution >= 0.6 is 0 Å². The Morgan fingerprint density at radius 1 is 1.08 bits per heavy atom. The maximum atomic E-state index is 12.3. The van der Waals surface area contributed by atoms with Gasteiger partial charge in [-0.05, 0) is 41.1 Å². The minimum absolute atomic E-state index is 0.175. The van der Waals surface area contributed by atoms with Crippen molar-refractivity contribution in [2.24, 2.45) is 0 Å². The molecule has 3 rings (SSSR count). The molecule has 0 saturated carbocycles. The molecule has 0 fully saturated rings. The van der Waals surface area contributed by atoms with Gasteiger partial charge in [-0.2, -0.15) is 9.36 Å². The average Bonchev–Trinajstić information content (AvgIpc) is 2.95. The van der Waals surface area contributed by atoms with Crippen LogP contribution in [-0.4, -0.2) is 33.2 Å². The molecule has 0 aliphatic rings. The number of rotatable bonds is 4. The monoisotopic (exact) mass is 343 g/mol. The fourth-order valence-corrected chi connectivity index (χ4v) is 3.29. The second-order valence-corrected chi connectivity index (χ2v) is 6.73. The number of sulfone groups is 1. The van der Waals surface area contributed by atoms with E-state index in [1.165, 1.54) is 12.3 Å². The molecule has 0 amide bonds. The van der Waals surface area contributed by atoms with E-state index in [1.807, 2.05) is 0 Å². The molecule has 0 aliphatic carbocycles. The maximum Gasteiger partial charge on any atom is 0.372 e. The second kappa shape index (κ2) is 6.20. The second-order valence-electron chi connectivity index (χ2n) is 4.92. The summed E-state index contributed by atoms with van der Waals surface area (Å²) in [5.41, 5.74) is 0.455. The van der Waals surface area contributed by atoms with Crippen molar-refractivity contribution in [3.63, 3.8) is 0 Å². The van der Waals surface area contributed by atoms with Crippen LogP contribution in [0.15, 0.2) is 63.9 Å². The normalized spacial score (nSPS) is 11.9. The van der Waals surface area contributed by atoms with Gasteiger partial charge in [-0.15, -0.1) is 0 Å². The van der Waals surface area contributed by atoms with Gasteiger partial charge in [-0.3, -0.25) is 4.98 Å². The fourth-order valence-electron chi connectivity index (χ4n) is 2.08. The van der Waals surface area contributed by atoms with E-state index in [0.29, 0.717) is 11.3 Å². The van der Waals surface area contributed by atoms with Crippen molar-refractivity contribution in [1.29, 1.82) is 0 Å². The molecular formula is C15H13N5O3S. The third-order valence-corrected chi connectivity index (χ3v) is 4.83. The van der Waals surface area contributed by atoms with Gasteiger partial charge in [0.15, 0.2) is 0 Å². The summed E-state index contributed by atoms with van der Waals surface area (Å²) in [5.74, 6) is 0. The molecule has 0 bridgehead atoms. The van der Waals surface area contributed by atoms with Crippen molar-refractivity contribution in [1.82, 2.24) is 24.8 Å². The number of aromatic nitrogens is 5. The van der Waals surface area contributed by atoms with Crippen molar-refractivity contribution in [3.8, 4) is 5.69 Å². The van der Waals surface area contributed by atoms with Gasteiger partial charge in [-0.25, -0.2) is 13.2 Å². The minimum atomic E-state index is -3.69. The van der Waals surface area contributed by atoms with Crippen molar-refractivity contribution < 1.29 is 8.42 Å². The SMILES string of the molecule is Cc1ccccc1S(=O)(=O)/C=C/n1nnn(-c2cccnc2)c1=O. The van der Waals surface area contributed by atoms with E-state index in [1.54, 1.807) is 43.5 Å². The van der Waals surface area contributed by atoms with E-state index < -0.39 is 15.5 Å². The molecule has 24 heavy (non-hydrogen) atoms. The summed E-state index contributed by atoms with van der Waals surface area (Å²) < 4.78 is 26.6. The van der Waals surface area contributed by atoms with Crippen LogP contribution < -0.4 is 5.69 Å². The molecule has 0 aliphatic heterocycles. The van der Waals surface area contributed by atoms with E-state index in [-0.39, 0.29) is 4.90 Å². The molecule has 1 aromatic carbocycles. The highest BCUT2D eigenvalue weighted by atomic mass is 32.2. The molecule has 0 unspecified atom stereocenters. The molecule has 0 spiro atoms. The number of hydrogen-bond donors (Lipinski definition) is 0. The minimum Gasteiger partial charge on any atom is -0.262 e. The van der Waals surface area contributed by atoms with E-state index in [2.05, 4.69) is 15.4 Å². The smallest absolute Gasteiger partial charge is 0.262 e. The van der Waals surface area contributed by atoms with Crippen LogP contribution in [0, 0.1) is 6.92 Å². The van der Waals surface area contributed by atoms with Gasteiger partial charge in [-0.1, -0.05) is 18.2 Å². The predicted octanol–water partition coefficient (Wildman–Crippen LogP) is 1.03. The Labute approximate surface area is 137 Å². The summed E-state index contributed by atoms with van der Waals surface area (Å²) in [7, 11) is -3.69. The van der Waals surface area contributed by atoms with Crippen LogP contribution in [0.3, 0.4) is 0 Å². The zero-order valence-electron chi connectivity index (χ0n) is 12.6. The summed E-state index contributed by atoms with van der Waals surface area (Å²) in [6, 6.07) is 9.89. The van der Waals surface area contributed by atoms with Crippen molar-refractivity contribution in [3.05, 3.63) is 70.2 Å². The van der Waals surface area contributed by atoms with Crippen molar-refractivity contribution in [2.75, 3.05) is 0 Å². The zero-order valence-corrected chi connectivity index (χ0v) is 13.5. The third-order valence-electron chi connectivity index (χ3n) is 3.27. The highest BCUT2D eigenvalue weighted by Crippen LogP contribution is 2.16. The summed E-state index contributed by atoms with van der Waals surface area (Å²) in [5, 5.41) is 8.29. The van der Waals surface area contributed by atoms with Crippen molar-refractivity contribution >= 4 is 16.0 Å². The maximum absolute atomic E-state index is 12.3. The average molecular weight is 343 g/mol. The van der Waals surface area contributed by atoms with Crippen LogP contribution in [0.4, 0.5) is 0 Å². The molecular weight excluding hydrogens is 330 g/mol. The highest BCUT2D eigenvalue weighted by Gasteiger charge is 2.14. The van der Waals surface area contributed by atoms with Crippen LogP contribution in [0.5, 0.6) is 0 Å². The molecule has 122 valence electrons. The Balaban J connectivity index is 1.95. The molecule has 3 aromatic rings. The zero-order chi connectivity index (χ0) is 17.2. The molecule has 0 saturated heterocycles. The Morgan fingerprint density at radius 3 is 2.58 bits per heavy atom. The highest BCUT2D eigenvalue weighted by molar-refractivity contribution is 7.94. The van der Waals surface area contributed by atoms with Crippen molar-refractivity contribution in [2.45, 2.75) is 11.8 Å². The first-order valence-corrected chi connectivity index (χ1v) is 8.47. The van der Waals surface area contributed by atoms with E-state index in [4.69, 9.17) is 0 Å². The number of nitrogens with zero attached hydrogens (tertiary/aromatic N) is 5. The lowest BCUT2D eigenvalue weighted by Crippen LogP contribution is -2.21. The topological polar surface area (TPSA) is 99.7 Å². The van der Waals surface area contributed by atoms with E-state index in [0.717, 1.165) is 21.0 Å². The van der Waals surface area contributed by atoms with Gasteiger partial charge in [0.2, 0.25) is 9.84 Å². The first-order valence-electron chi connectivity index (χ1n) is 6.93. The predicted molar refractivity (Wildman–Crippen MR) is 87.1 cm³/mol. The van der Waals surface area contributed by atoms with Gasteiger partial charge >= 0.3 is 5.69 Å². The Kier molecular flexibility index (Phi) is 4.09. The Morgan fingerprint density at radius 2 is 1.88 bits per heavy atom. The summed E-state index contributed by atoms with van der Waals surface area (Å²) in [4.78, 5) is 16.3. The molecule has 0 radical (unpaired) electrons. The van der Waals surface area contributed by atoms with Gasteiger partial charge in [0.05, 0.1) is 22.2 Å². The summed E-state index contributed by atoms with van der Waals surface area (Å²) in [6.45, 7) is 1.70. The number of hydrogen-bond acceptors (Lipinski definition) is 6. The number of benzene rings is 1. The molecule has 0 atom stereocenters. The van der Waals surface area contributed by atoms with Crippen LogP contribution in [0.25, 0.3) is 11.9 Å². The molecule has 9 heteroatoms.